The molecule has 0 aliphatic rings. The van der Waals surface area contributed by atoms with Crippen molar-refractivity contribution in [3.8, 4) is 0 Å². The number of carbonyl (C=O) groups excluding carboxylic acids is 3. The van der Waals surface area contributed by atoms with Crippen LogP contribution in [0.3, 0.4) is 0 Å². The summed E-state index contributed by atoms with van der Waals surface area (Å²) >= 11 is 0. The van der Waals surface area contributed by atoms with Crippen molar-refractivity contribution in [2.45, 2.75) is 40.2 Å². The molecule has 166 valence electrons. The van der Waals surface area contributed by atoms with E-state index in [9.17, 15) is 14.4 Å². The number of hydrogen-bond acceptors (Lipinski definition) is 4. The molecule has 0 bridgehead atoms. The van der Waals surface area contributed by atoms with Crippen LogP contribution in [0.25, 0.3) is 0 Å². The first-order valence-corrected chi connectivity index (χ1v) is 10.4. The molecule has 0 aromatic heterocycles. The number of carbonyl (C=O) groups is 3. The van der Waals surface area contributed by atoms with Gasteiger partial charge < -0.3 is 16.0 Å². The molecule has 0 unspecified atom stereocenters. The van der Waals surface area contributed by atoms with E-state index >= 15 is 0 Å². The zero-order valence-electron chi connectivity index (χ0n) is 18.9. The summed E-state index contributed by atoms with van der Waals surface area (Å²) in [6.07, 6.45) is 0.815. The number of aryl methyl sites for hydroxylation is 3. The average molecular weight is 425 g/mol. The first-order valence-electron chi connectivity index (χ1n) is 10.4. The van der Waals surface area contributed by atoms with Crippen molar-refractivity contribution in [1.29, 1.82) is 0 Å². The third kappa shape index (κ3) is 6.93. The number of nitrogens with one attached hydrogen (secondary N) is 3. The van der Waals surface area contributed by atoms with Crippen LogP contribution in [-0.2, 0) is 20.8 Å². The fourth-order valence-electron chi connectivity index (χ4n) is 3.21. The lowest BCUT2D eigenvalue weighted by molar-refractivity contribution is -0.128. The largest absolute Gasteiger partial charge is 0.346 e. The van der Waals surface area contributed by atoms with Gasteiger partial charge in [-0.15, -0.1) is 0 Å². The minimum atomic E-state index is -0.569. The van der Waals surface area contributed by atoms with Gasteiger partial charge in [-0.1, -0.05) is 43.3 Å². The standard InChI is InChI=1S/C24H32N4O3/c1-6-19-12-7-8-13-20(19)26-22(30)15-28(5)18(4)24(31)25-14-21(29)27-23-16(2)10-9-11-17(23)3/h7-13,18H,6,14-15H2,1-5H3,(H,25,31)(H,26,30)(H,27,29)/t18-/m1/s1. The molecule has 0 aliphatic carbocycles. The molecular formula is C24H32N4O3. The summed E-state index contributed by atoms with van der Waals surface area (Å²) in [7, 11) is 1.70. The van der Waals surface area contributed by atoms with Crippen molar-refractivity contribution in [1.82, 2.24) is 10.2 Å². The van der Waals surface area contributed by atoms with Gasteiger partial charge in [0.2, 0.25) is 17.7 Å². The molecule has 7 nitrogen and oxygen atoms in total. The lowest BCUT2D eigenvalue weighted by Crippen LogP contribution is -2.47. The van der Waals surface area contributed by atoms with Crippen LogP contribution in [0.4, 0.5) is 11.4 Å². The lowest BCUT2D eigenvalue weighted by atomic mass is 10.1. The van der Waals surface area contributed by atoms with Crippen LogP contribution in [0, 0.1) is 13.8 Å². The van der Waals surface area contributed by atoms with Crippen LogP contribution < -0.4 is 16.0 Å². The fourth-order valence-corrected chi connectivity index (χ4v) is 3.21. The molecule has 0 fully saturated rings. The summed E-state index contributed by atoms with van der Waals surface area (Å²) in [6.45, 7) is 7.48. The molecule has 2 rings (SSSR count). The maximum atomic E-state index is 12.5. The van der Waals surface area contributed by atoms with E-state index in [-0.39, 0.29) is 30.8 Å². The smallest absolute Gasteiger partial charge is 0.243 e. The maximum absolute atomic E-state index is 12.5. The molecule has 0 heterocycles. The van der Waals surface area contributed by atoms with Crippen molar-refractivity contribution in [2.75, 3.05) is 30.8 Å². The predicted octanol–water partition coefficient (Wildman–Crippen LogP) is 2.88. The highest BCUT2D eigenvalue weighted by atomic mass is 16.2. The van der Waals surface area contributed by atoms with Crippen molar-refractivity contribution >= 4 is 29.1 Å². The summed E-state index contributed by atoms with van der Waals surface area (Å²) in [5.41, 5.74) is 4.52. The van der Waals surface area contributed by atoms with Crippen molar-refractivity contribution in [3.63, 3.8) is 0 Å². The van der Waals surface area contributed by atoms with Gasteiger partial charge in [0.1, 0.15) is 0 Å². The van der Waals surface area contributed by atoms with Crippen LogP contribution >= 0.6 is 0 Å². The van der Waals surface area contributed by atoms with E-state index in [2.05, 4.69) is 16.0 Å². The average Bonchev–Trinajstić information content (AvgIpc) is 2.74. The van der Waals surface area contributed by atoms with Crippen molar-refractivity contribution in [2.24, 2.45) is 0 Å². The minimum absolute atomic E-state index is 0.0568. The summed E-state index contributed by atoms with van der Waals surface area (Å²) in [5, 5.41) is 8.38. The second-order valence-corrected chi connectivity index (χ2v) is 7.68. The van der Waals surface area contributed by atoms with Gasteiger partial charge in [-0.25, -0.2) is 0 Å². The third-order valence-electron chi connectivity index (χ3n) is 5.27. The number of rotatable bonds is 9. The molecule has 31 heavy (non-hydrogen) atoms. The molecule has 2 aromatic carbocycles. The van der Waals surface area contributed by atoms with E-state index in [1.54, 1.807) is 18.9 Å². The number of hydrogen-bond donors (Lipinski definition) is 3. The molecule has 2 aromatic rings. The Balaban J connectivity index is 1.83. The van der Waals surface area contributed by atoms with Crippen LogP contribution in [-0.4, -0.2) is 48.8 Å². The number of para-hydroxylation sites is 2. The number of anilines is 2. The first kappa shape index (κ1) is 24.1. The van der Waals surface area contributed by atoms with Gasteiger partial charge in [-0.05, 0) is 57.0 Å². The Morgan fingerprint density at radius 3 is 2.23 bits per heavy atom. The van der Waals surface area contributed by atoms with Crippen LogP contribution in [0.15, 0.2) is 42.5 Å². The van der Waals surface area contributed by atoms with E-state index in [4.69, 9.17) is 0 Å². The Bertz CT molecular complexity index is 922. The second-order valence-electron chi connectivity index (χ2n) is 7.68. The third-order valence-corrected chi connectivity index (χ3v) is 5.27. The van der Waals surface area contributed by atoms with Gasteiger partial charge in [0.05, 0.1) is 19.1 Å². The molecule has 1 atom stereocenters. The molecular weight excluding hydrogens is 392 g/mol. The Morgan fingerprint density at radius 1 is 0.935 bits per heavy atom. The van der Waals surface area contributed by atoms with Gasteiger partial charge in [0, 0.05) is 11.4 Å². The molecule has 0 aliphatic heterocycles. The minimum Gasteiger partial charge on any atom is -0.346 e. The number of amides is 3. The highest BCUT2D eigenvalue weighted by Crippen LogP contribution is 2.19. The normalized spacial score (nSPS) is 11.7. The Morgan fingerprint density at radius 2 is 1.58 bits per heavy atom. The van der Waals surface area contributed by atoms with Crippen LogP contribution in [0.5, 0.6) is 0 Å². The van der Waals surface area contributed by atoms with Gasteiger partial charge >= 0.3 is 0 Å². The summed E-state index contributed by atoms with van der Waals surface area (Å²) in [6, 6.07) is 12.8. The molecule has 0 spiro atoms. The van der Waals surface area contributed by atoms with Gasteiger partial charge in [0.25, 0.3) is 0 Å². The molecule has 0 radical (unpaired) electrons. The zero-order chi connectivity index (χ0) is 23.0. The number of likely N-dealkylation sites (N-methyl/N-ethyl adjacent to an activating group) is 1. The highest BCUT2D eigenvalue weighted by molar-refractivity contribution is 5.97. The summed E-state index contributed by atoms with van der Waals surface area (Å²) < 4.78 is 0. The molecule has 0 saturated heterocycles. The lowest BCUT2D eigenvalue weighted by Gasteiger charge is -2.23. The predicted molar refractivity (Wildman–Crippen MR) is 124 cm³/mol. The fraction of sp³-hybridized carbons (Fsp3) is 0.375. The second kappa shape index (κ2) is 11.3. The number of nitrogens with zero attached hydrogens (tertiary/aromatic N) is 1. The topological polar surface area (TPSA) is 90.5 Å². The first-order chi connectivity index (χ1) is 14.7. The molecule has 3 amide bonds. The Labute approximate surface area is 184 Å². The SMILES string of the molecule is CCc1ccccc1NC(=O)CN(C)[C@H](C)C(=O)NCC(=O)Nc1c(C)cccc1C. The Hall–Kier alpha value is -3.19. The summed E-state index contributed by atoms with van der Waals surface area (Å²) in [5.74, 6) is -0.814. The van der Waals surface area contributed by atoms with Crippen LogP contribution in [0.1, 0.15) is 30.5 Å². The van der Waals surface area contributed by atoms with Crippen LogP contribution in [0.2, 0.25) is 0 Å². The van der Waals surface area contributed by atoms with Gasteiger partial charge in [-0.3, -0.25) is 19.3 Å². The quantitative estimate of drug-likeness (QED) is 0.577. The maximum Gasteiger partial charge on any atom is 0.243 e. The van der Waals surface area contributed by atoms with Gasteiger partial charge in [0.15, 0.2) is 0 Å². The highest BCUT2D eigenvalue weighted by Gasteiger charge is 2.21. The molecule has 7 heteroatoms. The van der Waals surface area contributed by atoms with Crippen molar-refractivity contribution < 1.29 is 14.4 Å². The van der Waals surface area contributed by atoms with E-state index in [1.807, 2.05) is 63.2 Å². The van der Waals surface area contributed by atoms with E-state index in [0.717, 1.165) is 34.5 Å². The Kier molecular flexibility index (Phi) is 8.75. The number of benzene rings is 2. The van der Waals surface area contributed by atoms with E-state index in [0.29, 0.717) is 0 Å². The van der Waals surface area contributed by atoms with Gasteiger partial charge in [-0.2, -0.15) is 0 Å². The van der Waals surface area contributed by atoms with E-state index in [1.165, 1.54) is 0 Å². The monoisotopic (exact) mass is 424 g/mol. The van der Waals surface area contributed by atoms with E-state index < -0.39 is 6.04 Å². The summed E-state index contributed by atoms with van der Waals surface area (Å²) in [4.78, 5) is 38.7. The zero-order valence-corrected chi connectivity index (χ0v) is 18.9. The molecule has 3 N–H and O–H groups in total. The van der Waals surface area contributed by atoms with Crippen molar-refractivity contribution in [3.05, 3.63) is 59.2 Å². The molecule has 0 saturated carbocycles.